The van der Waals surface area contributed by atoms with E-state index >= 15 is 0 Å². The Morgan fingerprint density at radius 1 is 1.17 bits per heavy atom. The molecule has 0 saturated heterocycles. The van der Waals surface area contributed by atoms with Gasteiger partial charge in [-0.2, -0.15) is 0 Å². The van der Waals surface area contributed by atoms with Gasteiger partial charge in [0.1, 0.15) is 0 Å². The molecule has 0 radical (unpaired) electrons. The number of carbonyl (C=O) groups is 1. The first-order valence-corrected chi connectivity index (χ1v) is 7.78. The van der Waals surface area contributed by atoms with Gasteiger partial charge in [0.05, 0.1) is 12.4 Å². The summed E-state index contributed by atoms with van der Waals surface area (Å²) in [5.74, 6) is 0.0758. The number of carbonyl (C=O) groups excluding carboxylic acids is 1. The maximum atomic E-state index is 13.0. The molecule has 5 nitrogen and oxygen atoms in total. The predicted molar refractivity (Wildman–Crippen MR) is 87.4 cm³/mol. The maximum absolute atomic E-state index is 13.0. The van der Waals surface area contributed by atoms with Crippen LogP contribution in [0.3, 0.4) is 0 Å². The number of fused-ring (bicyclic) bond motifs is 1. The van der Waals surface area contributed by atoms with E-state index < -0.39 is 0 Å². The van der Waals surface area contributed by atoms with Gasteiger partial charge in [-0.25, -0.2) is 4.98 Å². The van der Waals surface area contributed by atoms with Crippen LogP contribution in [-0.2, 0) is 6.54 Å². The monoisotopic (exact) mass is 306 g/mol. The van der Waals surface area contributed by atoms with Gasteiger partial charge in [0.25, 0.3) is 5.91 Å². The minimum atomic E-state index is 0.0758. The summed E-state index contributed by atoms with van der Waals surface area (Å²) >= 11 is 0. The van der Waals surface area contributed by atoms with Crippen LogP contribution in [-0.4, -0.2) is 31.5 Å². The SMILES string of the molecule is CC1c2cccn2CCN1C(=O)c1cccc(-n2ccnc2)c1. The molecule has 3 heterocycles. The van der Waals surface area contributed by atoms with Crippen molar-refractivity contribution in [1.29, 1.82) is 0 Å². The van der Waals surface area contributed by atoms with E-state index in [4.69, 9.17) is 0 Å². The van der Waals surface area contributed by atoms with Crippen molar-refractivity contribution in [2.75, 3.05) is 6.54 Å². The average molecular weight is 306 g/mol. The largest absolute Gasteiger partial charge is 0.348 e. The smallest absolute Gasteiger partial charge is 0.254 e. The molecule has 0 fully saturated rings. The molecule has 1 aliphatic heterocycles. The van der Waals surface area contributed by atoms with Crippen LogP contribution in [0.4, 0.5) is 0 Å². The zero-order valence-corrected chi connectivity index (χ0v) is 13.0. The summed E-state index contributed by atoms with van der Waals surface area (Å²) in [7, 11) is 0. The van der Waals surface area contributed by atoms with Crippen LogP contribution in [0, 0.1) is 0 Å². The molecule has 23 heavy (non-hydrogen) atoms. The Morgan fingerprint density at radius 2 is 2.09 bits per heavy atom. The van der Waals surface area contributed by atoms with Gasteiger partial charge in [0, 0.05) is 48.6 Å². The van der Waals surface area contributed by atoms with Crippen molar-refractivity contribution in [3.63, 3.8) is 0 Å². The molecule has 116 valence electrons. The number of aromatic nitrogens is 3. The van der Waals surface area contributed by atoms with Crippen LogP contribution in [0.15, 0.2) is 61.3 Å². The normalized spacial score (nSPS) is 17.1. The van der Waals surface area contributed by atoms with Crippen LogP contribution in [0.2, 0.25) is 0 Å². The lowest BCUT2D eigenvalue weighted by Crippen LogP contribution is -2.40. The minimum Gasteiger partial charge on any atom is -0.348 e. The highest BCUT2D eigenvalue weighted by atomic mass is 16.2. The fraction of sp³-hybridized carbons (Fsp3) is 0.222. The molecule has 2 aromatic heterocycles. The van der Waals surface area contributed by atoms with E-state index in [1.807, 2.05) is 46.0 Å². The van der Waals surface area contributed by atoms with Crippen molar-refractivity contribution in [2.45, 2.75) is 19.5 Å². The Balaban J connectivity index is 1.64. The second-order valence-electron chi connectivity index (χ2n) is 5.82. The molecule has 0 N–H and O–H groups in total. The lowest BCUT2D eigenvalue weighted by Gasteiger charge is -2.35. The zero-order chi connectivity index (χ0) is 15.8. The molecule has 1 amide bonds. The van der Waals surface area contributed by atoms with Crippen LogP contribution < -0.4 is 0 Å². The number of rotatable bonds is 2. The first-order valence-electron chi connectivity index (χ1n) is 7.78. The molecule has 5 heteroatoms. The molecule has 1 aliphatic rings. The highest BCUT2D eigenvalue weighted by Crippen LogP contribution is 2.27. The molecule has 0 bridgehead atoms. The van der Waals surface area contributed by atoms with E-state index in [-0.39, 0.29) is 11.9 Å². The first-order chi connectivity index (χ1) is 11.2. The fourth-order valence-electron chi connectivity index (χ4n) is 3.23. The van der Waals surface area contributed by atoms with E-state index in [0.717, 1.165) is 18.8 Å². The van der Waals surface area contributed by atoms with Crippen molar-refractivity contribution in [3.8, 4) is 5.69 Å². The van der Waals surface area contributed by atoms with Gasteiger partial charge >= 0.3 is 0 Å². The summed E-state index contributed by atoms with van der Waals surface area (Å²) in [5.41, 5.74) is 2.85. The standard InChI is InChI=1S/C18H18N4O/c1-14-17-6-3-8-20(17)10-11-22(14)18(23)15-4-2-5-16(12-15)21-9-7-19-13-21/h2-9,12-14H,10-11H2,1H3. The number of amides is 1. The Labute approximate surface area is 134 Å². The quantitative estimate of drug-likeness (QED) is 0.730. The number of hydrogen-bond acceptors (Lipinski definition) is 2. The summed E-state index contributed by atoms with van der Waals surface area (Å²) in [6.45, 7) is 3.67. The van der Waals surface area contributed by atoms with E-state index in [9.17, 15) is 4.79 Å². The van der Waals surface area contributed by atoms with Gasteiger partial charge in [-0.05, 0) is 37.3 Å². The predicted octanol–water partition coefficient (Wildman–Crippen LogP) is 2.89. The molecule has 0 saturated carbocycles. The van der Waals surface area contributed by atoms with Crippen LogP contribution in [0.25, 0.3) is 5.69 Å². The highest BCUT2D eigenvalue weighted by Gasteiger charge is 2.28. The van der Waals surface area contributed by atoms with Crippen molar-refractivity contribution >= 4 is 5.91 Å². The third kappa shape index (κ3) is 2.34. The Morgan fingerprint density at radius 3 is 2.91 bits per heavy atom. The van der Waals surface area contributed by atoms with Crippen molar-refractivity contribution in [3.05, 3.63) is 72.6 Å². The zero-order valence-electron chi connectivity index (χ0n) is 13.0. The fourth-order valence-corrected chi connectivity index (χ4v) is 3.23. The number of imidazole rings is 1. The van der Waals surface area contributed by atoms with Gasteiger partial charge in [-0.1, -0.05) is 6.07 Å². The number of benzene rings is 1. The van der Waals surface area contributed by atoms with Gasteiger partial charge < -0.3 is 14.0 Å². The topological polar surface area (TPSA) is 43.1 Å². The molecule has 4 rings (SSSR count). The summed E-state index contributed by atoms with van der Waals surface area (Å²) in [6.07, 6.45) is 7.42. The third-order valence-electron chi connectivity index (χ3n) is 4.50. The second-order valence-corrected chi connectivity index (χ2v) is 5.82. The van der Waals surface area contributed by atoms with Crippen LogP contribution in [0.1, 0.15) is 29.0 Å². The summed E-state index contributed by atoms with van der Waals surface area (Å²) in [4.78, 5) is 19.0. The molecule has 1 aromatic carbocycles. The van der Waals surface area contributed by atoms with Crippen molar-refractivity contribution in [1.82, 2.24) is 19.0 Å². The van der Waals surface area contributed by atoms with Crippen LogP contribution in [0.5, 0.6) is 0 Å². The Bertz CT molecular complexity index is 834. The number of hydrogen-bond donors (Lipinski definition) is 0. The van der Waals surface area contributed by atoms with Gasteiger partial charge in [-0.15, -0.1) is 0 Å². The van der Waals surface area contributed by atoms with Gasteiger partial charge in [-0.3, -0.25) is 4.79 Å². The molecule has 1 unspecified atom stereocenters. The molecular weight excluding hydrogens is 288 g/mol. The Hall–Kier alpha value is -2.82. The van der Waals surface area contributed by atoms with E-state index in [0.29, 0.717) is 5.56 Å². The number of nitrogens with zero attached hydrogens (tertiary/aromatic N) is 4. The molecular formula is C18H18N4O. The van der Waals surface area contributed by atoms with Crippen molar-refractivity contribution in [2.24, 2.45) is 0 Å². The Kier molecular flexibility index (Phi) is 3.26. The van der Waals surface area contributed by atoms with E-state index in [1.165, 1.54) is 5.69 Å². The van der Waals surface area contributed by atoms with Crippen LogP contribution >= 0.6 is 0 Å². The lowest BCUT2D eigenvalue weighted by atomic mass is 10.1. The summed E-state index contributed by atoms with van der Waals surface area (Å²) in [6, 6.07) is 11.9. The van der Waals surface area contributed by atoms with E-state index in [2.05, 4.69) is 28.7 Å². The minimum absolute atomic E-state index is 0.0758. The molecule has 3 aromatic rings. The summed E-state index contributed by atoms with van der Waals surface area (Å²) in [5, 5.41) is 0. The summed E-state index contributed by atoms with van der Waals surface area (Å²) < 4.78 is 4.12. The third-order valence-corrected chi connectivity index (χ3v) is 4.50. The molecule has 0 spiro atoms. The lowest BCUT2D eigenvalue weighted by molar-refractivity contribution is 0.0644. The highest BCUT2D eigenvalue weighted by molar-refractivity contribution is 5.95. The molecule has 0 aliphatic carbocycles. The van der Waals surface area contributed by atoms with E-state index in [1.54, 1.807) is 12.5 Å². The maximum Gasteiger partial charge on any atom is 0.254 e. The average Bonchev–Trinajstić information content (AvgIpc) is 3.26. The van der Waals surface area contributed by atoms with Gasteiger partial charge in [0.15, 0.2) is 0 Å². The van der Waals surface area contributed by atoms with Gasteiger partial charge in [0.2, 0.25) is 0 Å². The molecule has 1 atom stereocenters. The second kappa shape index (κ2) is 5.43. The first kappa shape index (κ1) is 13.8. The van der Waals surface area contributed by atoms with Crippen molar-refractivity contribution < 1.29 is 4.79 Å².